The van der Waals surface area contributed by atoms with Crippen LogP contribution in [-0.4, -0.2) is 33.6 Å². The quantitative estimate of drug-likeness (QED) is 0.0960. The molecule has 0 bridgehead atoms. The van der Waals surface area contributed by atoms with Crippen LogP contribution in [0.25, 0.3) is 41.6 Å². The van der Waals surface area contributed by atoms with Gasteiger partial charge in [-0.25, -0.2) is 9.97 Å². The molecule has 0 unspecified atom stereocenters. The van der Waals surface area contributed by atoms with E-state index in [9.17, 15) is 20.4 Å². The van der Waals surface area contributed by atoms with Crippen molar-refractivity contribution in [3.63, 3.8) is 0 Å². The average molecular weight is 1000 g/mol. The number of thiazole rings is 2. The van der Waals surface area contributed by atoms with Crippen LogP contribution in [0.3, 0.4) is 0 Å². The second kappa shape index (κ2) is 19.2. The molecule has 0 saturated carbocycles. The highest BCUT2D eigenvalue weighted by Gasteiger charge is 2.13. The predicted molar refractivity (Wildman–Crippen MR) is 249 cm³/mol. The molecule has 0 amide bonds. The van der Waals surface area contributed by atoms with Crippen molar-refractivity contribution in [2.24, 2.45) is 20.5 Å². The summed E-state index contributed by atoms with van der Waals surface area (Å²) in [7, 11) is 0. The van der Waals surface area contributed by atoms with Gasteiger partial charge < -0.3 is 20.4 Å². The SMILES string of the molecule is BrB(Br)Br.Cc1cc(O)ccc1N=Nc1ccc(-c2nc3ccc(O)cc3s2)c(O)c1.Cc1ccc2nc(-c3ccc(N=Nc4ccc(O)cc4C)cc3C)sc2c1. The van der Waals surface area contributed by atoms with E-state index < -0.39 is 0 Å². The van der Waals surface area contributed by atoms with Crippen molar-refractivity contribution >= 4 is 116 Å². The lowest BCUT2D eigenvalue weighted by molar-refractivity contribution is 0.474. The Morgan fingerprint density at radius 2 is 0.948 bits per heavy atom. The molecule has 8 aromatic rings. The fraction of sp³-hybridized carbons (Fsp3) is 0.0952. The molecule has 0 saturated heterocycles. The van der Waals surface area contributed by atoms with Gasteiger partial charge in [-0.3, -0.25) is 0 Å². The highest BCUT2D eigenvalue weighted by molar-refractivity contribution is 9.69. The number of hydrogen-bond donors (Lipinski definition) is 4. The summed E-state index contributed by atoms with van der Waals surface area (Å²) in [4.78, 5) is 9.27. The number of aromatic hydroxyl groups is 4. The maximum absolute atomic E-state index is 10.4. The largest absolute Gasteiger partial charge is 0.508 e. The van der Waals surface area contributed by atoms with Gasteiger partial charge in [-0.15, -0.1) is 69.9 Å². The molecule has 0 spiro atoms. The Bertz CT molecular complexity index is 2620. The fourth-order valence-corrected chi connectivity index (χ4v) is 7.80. The Morgan fingerprint density at radius 3 is 1.48 bits per heavy atom. The van der Waals surface area contributed by atoms with Crippen molar-refractivity contribution in [1.29, 1.82) is 0 Å². The molecule has 2 aromatic heterocycles. The molecule has 2 heterocycles. The van der Waals surface area contributed by atoms with Crippen LogP contribution < -0.4 is 0 Å². The summed E-state index contributed by atoms with van der Waals surface area (Å²) in [6, 6.07) is 32.3. The molecule has 8 rings (SSSR count). The molecule has 6 aromatic carbocycles. The second-order valence-electron chi connectivity index (χ2n) is 13.0. The molecule has 0 aliphatic rings. The Kier molecular flexibility index (Phi) is 14.1. The van der Waals surface area contributed by atoms with Gasteiger partial charge in [-0.05, 0) is 147 Å². The zero-order valence-corrected chi connectivity index (χ0v) is 37.8. The number of halogens is 3. The highest BCUT2D eigenvalue weighted by Crippen LogP contribution is 2.39. The van der Waals surface area contributed by atoms with Crippen LogP contribution in [0.5, 0.6) is 23.0 Å². The average Bonchev–Trinajstić information content (AvgIpc) is 3.78. The summed E-state index contributed by atoms with van der Waals surface area (Å²) in [6.45, 7) is 7.90. The smallest absolute Gasteiger partial charge is 0.369 e. The number of hydrogen-bond acceptors (Lipinski definition) is 12. The lowest BCUT2D eigenvalue weighted by Gasteiger charge is -2.03. The maximum atomic E-state index is 10.4. The minimum absolute atomic E-state index is 0.0529. The van der Waals surface area contributed by atoms with Crippen LogP contribution in [0.15, 0.2) is 130 Å². The Hall–Kier alpha value is -5.00. The first kappa shape index (κ1) is 42.6. The van der Waals surface area contributed by atoms with Gasteiger partial charge in [0.2, 0.25) is 0 Å². The second-order valence-corrected chi connectivity index (χ2v) is 21.4. The summed E-state index contributed by atoms with van der Waals surface area (Å²) in [5, 5.41) is 57.6. The number of benzene rings is 6. The molecule has 4 N–H and O–H groups in total. The van der Waals surface area contributed by atoms with Crippen LogP contribution >= 0.6 is 69.9 Å². The number of nitrogens with zero attached hydrogens (tertiary/aromatic N) is 6. The van der Waals surface area contributed by atoms with E-state index in [2.05, 4.69) is 111 Å². The molecule has 292 valence electrons. The van der Waals surface area contributed by atoms with E-state index in [1.807, 2.05) is 26.0 Å². The number of azo groups is 2. The molecule has 0 aliphatic heterocycles. The topological polar surface area (TPSA) is 156 Å². The number of aryl methyl sites for hydroxylation is 4. The molecule has 58 heavy (non-hydrogen) atoms. The van der Waals surface area contributed by atoms with Crippen LogP contribution in [0.1, 0.15) is 22.3 Å². The number of aromatic nitrogens is 2. The molecule has 0 atom stereocenters. The zero-order valence-electron chi connectivity index (χ0n) is 31.4. The summed E-state index contributed by atoms with van der Waals surface area (Å²) in [6.07, 6.45) is 0. The predicted octanol–water partition coefficient (Wildman–Crippen LogP) is 15.0. The third kappa shape index (κ3) is 11.1. The van der Waals surface area contributed by atoms with E-state index in [0.29, 0.717) is 21.9 Å². The summed E-state index contributed by atoms with van der Waals surface area (Å²) in [5.74, 6) is 0.648. The molecular weight excluding hydrogens is 967 g/mol. The Balaban J connectivity index is 0.000000179. The number of fused-ring (bicyclic) bond motifs is 2. The van der Waals surface area contributed by atoms with Crippen molar-refractivity contribution in [2.75, 3.05) is 0 Å². The summed E-state index contributed by atoms with van der Waals surface area (Å²) < 4.78 is 2.32. The highest BCUT2D eigenvalue weighted by atomic mass is 79.9. The van der Waals surface area contributed by atoms with Crippen LogP contribution in [-0.2, 0) is 0 Å². The number of phenolic OH excluding ortho intramolecular Hbond substituents is 4. The van der Waals surface area contributed by atoms with E-state index >= 15 is 0 Å². The maximum Gasteiger partial charge on any atom is 0.369 e. The fourth-order valence-electron chi connectivity index (χ4n) is 5.62. The minimum Gasteiger partial charge on any atom is -0.508 e. The van der Waals surface area contributed by atoms with Gasteiger partial charge in [0.1, 0.15) is 33.0 Å². The van der Waals surface area contributed by atoms with Crippen molar-refractivity contribution in [3.8, 4) is 44.1 Å². The van der Waals surface area contributed by atoms with Crippen LogP contribution in [0, 0.1) is 27.7 Å². The summed E-state index contributed by atoms with van der Waals surface area (Å²) >= 11 is 12.4. The molecule has 0 fully saturated rings. The molecular formula is C42H34BBr3N6O4S2. The number of rotatable bonds is 6. The van der Waals surface area contributed by atoms with Crippen LogP contribution in [0.4, 0.5) is 22.7 Å². The monoisotopic (exact) mass is 998 g/mol. The normalized spacial score (nSPS) is 11.2. The van der Waals surface area contributed by atoms with Gasteiger partial charge >= 0.3 is 3.18 Å². The molecule has 0 radical (unpaired) electrons. The Morgan fingerprint density at radius 1 is 0.483 bits per heavy atom. The van der Waals surface area contributed by atoms with E-state index in [4.69, 9.17) is 4.98 Å². The van der Waals surface area contributed by atoms with Gasteiger partial charge in [0.25, 0.3) is 0 Å². The van der Waals surface area contributed by atoms with Gasteiger partial charge in [-0.2, -0.15) is 20.5 Å². The Labute approximate surface area is 367 Å². The van der Waals surface area contributed by atoms with Crippen molar-refractivity contribution in [3.05, 3.63) is 131 Å². The third-order valence-corrected chi connectivity index (χ3v) is 10.6. The lowest BCUT2D eigenvalue weighted by atomic mass is 10.1. The summed E-state index contributed by atoms with van der Waals surface area (Å²) in [5.41, 5.74) is 10.2. The van der Waals surface area contributed by atoms with Crippen molar-refractivity contribution < 1.29 is 20.4 Å². The first-order valence-corrected chi connectivity index (χ1v) is 21.9. The molecule has 0 aliphatic carbocycles. The third-order valence-electron chi connectivity index (χ3n) is 8.48. The van der Waals surface area contributed by atoms with E-state index in [0.717, 1.165) is 54.4 Å². The number of phenols is 4. The first-order valence-electron chi connectivity index (χ1n) is 17.5. The standard InChI is InChI=1S/C22H19N3OS.C20H15N3O3S.BBr3/c1-13-4-8-20-21(10-13)27-22(23-20)18-7-5-16(11-14(18)2)24-25-19-9-6-17(26)12-15(19)3;1-11-8-13(24)3-6-16(11)23-22-12-2-5-15(18(26)9-12)20-21-17-7-4-14(25)10-19(17)27-20;2-1(3)4/h4-12,26H,1-3H3;2-10,24-26H,1H3;. The van der Waals surface area contributed by atoms with Gasteiger partial charge in [-0.1, -0.05) is 6.07 Å². The van der Waals surface area contributed by atoms with Gasteiger partial charge in [0, 0.05) is 11.6 Å². The van der Waals surface area contributed by atoms with Crippen molar-refractivity contribution in [2.45, 2.75) is 27.7 Å². The van der Waals surface area contributed by atoms with Crippen molar-refractivity contribution in [1.82, 2.24) is 9.97 Å². The van der Waals surface area contributed by atoms with E-state index in [1.54, 1.807) is 78.1 Å². The molecule has 16 heteroatoms. The first-order chi connectivity index (χ1) is 27.7. The van der Waals surface area contributed by atoms with E-state index in [1.165, 1.54) is 27.7 Å². The van der Waals surface area contributed by atoms with E-state index in [-0.39, 0.29) is 26.2 Å². The zero-order chi connectivity index (χ0) is 41.5. The van der Waals surface area contributed by atoms with Crippen LogP contribution in [0.2, 0.25) is 0 Å². The lowest BCUT2D eigenvalue weighted by Crippen LogP contribution is -1.81. The minimum atomic E-state index is 0.0529. The van der Waals surface area contributed by atoms with Gasteiger partial charge in [0.05, 0.1) is 48.7 Å². The molecule has 10 nitrogen and oxygen atoms in total. The van der Waals surface area contributed by atoms with Gasteiger partial charge in [0.15, 0.2) is 0 Å².